The fraction of sp³-hybridized carbons (Fsp3) is 0.429. The van der Waals surface area contributed by atoms with Gasteiger partial charge in [-0.3, -0.25) is 4.55 Å². The Kier molecular flexibility index (Phi) is 5.85. The summed E-state index contributed by atoms with van der Waals surface area (Å²) in [6.07, 6.45) is -12.7. The van der Waals surface area contributed by atoms with E-state index in [9.17, 15) is 56.7 Å². The summed E-state index contributed by atoms with van der Waals surface area (Å²) in [6.45, 7) is 0. The molecule has 0 unspecified atom stereocenters. The molecular formula is C7HF11O4S. The van der Waals surface area contributed by atoms with Crippen LogP contribution in [0.2, 0.25) is 0 Å². The number of alkyl halides is 7. The minimum absolute atomic E-state index is 1.92. The van der Waals surface area contributed by atoms with Crippen LogP contribution in [0.15, 0.2) is 23.3 Å². The Labute approximate surface area is 118 Å². The first-order valence-electron chi connectivity index (χ1n) is 4.46. The molecule has 0 aliphatic heterocycles. The quantitative estimate of drug-likeness (QED) is 0.440. The van der Waals surface area contributed by atoms with Gasteiger partial charge in [0.15, 0.2) is 0 Å². The fourth-order valence-electron chi connectivity index (χ4n) is 0.692. The highest BCUT2D eigenvalue weighted by Gasteiger charge is 2.57. The molecule has 23 heavy (non-hydrogen) atoms. The van der Waals surface area contributed by atoms with E-state index in [1.54, 1.807) is 0 Å². The van der Waals surface area contributed by atoms with E-state index in [2.05, 4.69) is 0 Å². The molecule has 0 radical (unpaired) electrons. The summed E-state index contributed by atoms with van der Waals surface area (Å²) in [5.41, 5.74) is -6.27. The molecule has 0 amide bonds. The average Bonchev–Trinajstić information content (AvgIpc) is 2.31. The Morgan fingerprint density at radius 1 is 0.783 bits per heavy atom. The molecule has 0 aromatic rings. The van der Waals surface area contributed by atoms with Crippen molar-refractivity contribution in [2.24, 2.45) is 0 Å². The predicted molar refractivity (Wildman–Crippen MR) is 47.1 cm³/mol. The minimum Gasteiger partial charge on any atom is -0.279 e. The maximum Gasteiger partial charge on any atom is 0.492 e. The molecule has 0 fully saturated rings. The molecule has 16 heteroatoms. The summed E-state index contributed by atoms with van der Waals surface area (Å²) in [5.74, 6) is -16.0. The van der Waals surface area contributed by atoms with Gasteiger partial charge in [-0.05, 0) is 0 Å². The first-order valence-corrected chi connectivity index (χ1v) is 5.90. The predicted octanol–water partition coefficient (Wildman–Crippen LogP) is 3.90. The number of hydrogen-bond donors (Lipinski definition) is 1. The Bertz CT molecular complexity index is 629. The third-order valence-electron chi connectivity index (χ3n) is 1.63. The first-order chi connectivity index (χ1) is 9.84. The SMILES string of the molecule is O=S(=O)(O)C(F)(F)OC(F)(F)C(F)=C(F)C(F)=C(F)C(F)(F)F. The van der Waals surface area contributed by atoms with Crippen molar-refractivity contribution in [3.8, 4) is 0 Å². The lowest BCUT2D eigenvalue weighted by Crippen LogP contribution is -2.39. The van der Waals surface area contributed by atoms with Crippen LogP contribution in [0.3, 0.4) is 0 Å². The molecule has 0 aromatic heterocycles. The van der Waals surface area contributed by atoms with Crippen molar-refractivity contribution in [3.63, 3.8) is 0 Å². The molecule has 136 valence electrons. The normalized spacial score (nSPS) is 16.9. The van der Waals surface area contributed by atoms with Crippen molar-refractivity contribution in [2.45, 2.75) is 17.7 Å². The monoisotopic (exact) mass is 390 g/mol. The molecule has 0 aliphatic rings. The minimum atomic E-state index is -6.76. The van der Waals surface area contributed by atoms with Crippen LogP contribution in [0.25, 0.3) is 0 Å². The van der Waals surface area contributed by atoms with Crippen LogP contribution in [-0.4, -0.2) is 30.7 Å². The highest BCUT2D eigenvalue weighted by molar-refractivity contribution is 7.86. The van der Waals surface area contributed by atoms with Gasteiger partial charge in [0.25, 0.3) is 0 Å². The van der Waals surface area contributed by atoms with Crippen molar-refractivity contribution in [3.05, 3.63) is 23.3 Å². The van der Waals surface area contributed by atoms with Gasteiger partial charge >= 0.3 is 27.8 Å². The zero-order valence-corrected chi connectivity index (χ0v) is 10.6. The van der Waals surface area contributed by atoms with Gasteiger partial charge < -0.3 is 0 Å². The van der Waals surface area contributed by atoms with E-state index in [0.717, 1.165) is 0 Å². The lowest BCUT2D eigenvalue weighted by molar-refractivity contribution is -0.329. The van der Waals surface area contributed by atoms with Gasteiger partial charge in [-0.2, -0.15) is 47.9 Å². The largest absolute Gasteiger partial charge is 0.492 e. The first kappa shape index (κ1) is 21.6. The second-order valence-corrected chi connectivity index (χ2v) is 4.74. The summed E-state index contributed by atoms with van der Waals surface area (Å²) < 4.78 is 165. The number of ether oxygens (including phenoxy) is 1. The van der Waals surface area contributed by atoms with Crippen LogP contribution in [0, 0.1) is 0 Å². The van der Waals surface area contributed by atoms with Gasteiger partial charge in [-0.1, -0.05) is 0 Å². The molecule has 0 rings (SSSR count). The topological polar surface area (TPSA) is 63.6 Å². The van der Waals surface area contributed by atoms with E-state index in [1.807, 2.05) is 4.74 Å². The van der Waals surface area contributed by atoms with E-state index >= 15 is 0 Å². The molecule has 0 aliphatic carbocycles. The Morgan fingerprint density at radius 3 is 1.43 bits per heavy atom. The fourth-order valence-corrected chi connectivity index (χ4v) is 0.902. The summed E-state index contributed by atoms with van der Waals surface area (Å²) >= 11 is 0. The average molecular weight is 390 g/mol. The highest BCUT2D eigenvalue weighted by atomic mass is 32.2. The van der Waals surface area contributed by atoms with E-state index in [-0.39, 0.29) is 0 Å². The Morgan fingerprint density at radius 2 is 1.13 bits per heavy atom. The number of allylic oxidation sites excluding steroid dienone is 3. The zero-order chi connectivity index (χ0) is 19.0. The summed E-state index contributed by atoms with van der Waals surface area (Å²) in [5, 5.41) is 0. The van der Waals surface area contributed by atoms with E-state index in [1.165, 1.54) is 0 Å². The third kappa shape index (κ3) is 5.03. The van der Waals surface area contributed by atoms with Crippen molar-refractivity contribution < 1.29 is 66.0 Å². The molecular weight excluding hydrogens is 389 g/mol. The summed E-state index contributed by atoms with van der Waals surface area (Å²) in [6, 6.07) is 0. The van der Waals surface area contributed by atoms with Crippen LogP contribution < -0.4 is 0 Å². The van der Waals surface area contributed by atoms with Crippen LogP contribution in [0.1, 0.15) is 0 Å². The van der Waals surface area contributed by atoms with Crippen molar-refractivity contribution in [1.82, 2.24) is 0 Å². The van der Waals surface area contributed by atoms with Crippen molar-refractivity contribution in [2.75, 3.05) is 0 Å². The van der Waals surface area contributed by atoms with Crippen molar-refractivity contribution in [1.29, 1.82) is 0 Å². The zero-order valence-electron chi connectivity index (χ0n) is 9.74. The maximum atomic E-state index is 12.7. The third-order valence-corrected chi connectivity index (χ3v) is 2.31. The number of halogens is 11. The number of hydrogen-bond acceptors (Lipinski definition) is 3. The van der Waals surface area contributed by atoms with Crippen LogP contribution in [0.4, 0.5) is 48.3 Å². The second kappa shape index (κ2) is 6.23. The van der Waals surface area contributed by atoms with Crippen LogP contribution in [0.5, 0.6) is 0 Å². The molecule has 4 nitrogen and oxygen atoms in total. The van der Waals surface area contributed by atoms with Gasteiger partial charge in [-0.25, -0.2) is 13.5 Å². The van der Waals surface area contributed by atoms with Gasteiger partial charge in [0.05, 0.1) is 0 Å². The van der Waals surface area contributed by atoms with Gasteiger partial charge in [-0.15, -0.1) is 0 Å². The van der Waals surface area contributed by atoms with E-state index < -0.39 is 51.2 Å². The van der Waals surface area contributed by atoms with Crippen molar-refractivity contribution >= 4 is 10.1 Å². The highest BCUT2D eigenvalue weighted by Crippen LogP contribution is 2.41. The molecule has 0 saturated heterocycles. The maximum absolute atomic E-state index is 12.7. The molecule has 0 atom stereocenters. The van der Waals surface area contributed by atoms with Crippen LogP contribution in [-0.2, 0) is 14.9 Å². The lowest BCUT2D eigenvalue weighted by Gasteiger charge is -2.20. The Hall–Kier alpha value is -1.42. The molecule has 0 heterocycles. The van der Waals surface area contributed by atoms with E-state index in [4.69, 9.17) is 4.55 Å². The van der Waals surface area contributed by atoms with Crippen LogP contribution >= 0.6 is 0 Å². The molecule has 0 bridgehead atoms. The number of rotatable bonds is 5. The van der Waals surface area contributed by atoms with E-state index in [0.29, 0.717) is 0 Å². The Balaban J connectivity index is 5.95. The lowest BCUT2D eigenvalue weighted by atomic mass is 10.3. The molecule has 0 spiro atoms. The summed E-state index contributed by atoms with van der Waals surface area (Å²) in [4.78, 5) is 0. The van der Waals surface area contributed by atoms with Gasteiger partial charge in [0.2, 0.25) is 23.3 Å². The van der Waals surface area contributed by atoms with Gasteiger partial charge in [0, 0.05) is 0 Å². The second-order valence-electron chi connectivity index (χ2n) is 3.31. The molecule has 1 N–H and O–H groups in total. The molecule has 0 saturated carbocycles. The summed E-state index contributed by atoms with van der Waals surface area (Å²) in [7, 11) is -6.76. The molecule has 0 aromatic carbocycles. The standard InChI is InChI=1S/C7HF11O4S/c8-1(3(10)5(12,13)14)2(9)4(11)6(15,16)22-7(17,18)23(19,20)21/h(H,19,20,21). The van der Waals surface area contributed by atoms with Gasteiger partial charge in [0.1, 0.15) is 0 Å². The smallest absolute Gasteiger partial charge is 0.279 e.